The van der Waals surface area contributed by atoms with Crippen molar-refractivity contribution >= 4 is 11.9 Å². The molecule has 0 aliphatic rings. The quantitative estimate of drug-likeness (QED) is 0.378. The van der Waals surface area contributed by atoms with E-state index in [1.165, 1.54) is 7.11 Å². The van der Waals surface area contributed by atoms with Crippen molar-refractivity contribution in [1.82, 2.24) is 10.6 Å². The van der Waals surface area contributed by atoms with Gasteiger partial charge in [-0.05, 0) is 46.8 Å². The maximum atomic E-state index is 11.7. The summed E-state index contributed by atoms with van der Waals surface area (Å²) in [6, 6.07) is 3.46. The van der Waals surface area contributed by atoms with Crippen LogP contribution >= 0.6 is 0 Å². The van der Waals surface area contributed by atoms with E-state index in [9.17, 15) is 9.90 Å². The first kappa shape index (κ1) is 21.6. The Kier molecular flexibility index (Phi) is 6.90. The third-order valence-corrected chi connectivity index (χ3v) is 4.33. The van der Waals surface area contributed by atoms with Crippen LogP contribution in [0.1, 0.15) is 52.8 Å². The molecule has 0 radical (unpaired) electrons. The van der Waals surface area contributed by atoms with Crippen LogP contribution < -0.4 is 10.6 Å². The van der Waals surface area contributed by atoms with E-state index in [4.69, 9.17) is 13.6 Å². The van der Waals surface area contributed by atoms with E-state index in [1.54, 1.807) is 19.9 Å². The number of carbonyl (C=O) groups is 1. The van der Waals surface area contributed by atoms with Gasteiger partial charge in [0.1, 0.15) is 40.8 Å². The van der Waals surface area contributed by atoms with Crippen molar-refractivity contribution in [3.8, 4) is 0 Å². The van der Waals surface area contributed by atoms with Crippen molar-refractivity contribution in [1.29, 1.82) is 0 Å². The molecule has 2 rings (SSSR count). The number of methoxy groups -OCH3 is 1. The lowest BCUT2D eigenvalue weighted by atomic mass is 9.96. The van der Waals surface area contributed by atoms with Crippen molar-refractivity contribution in [2.75, 3.05) is 20.2 Å². The fourth-order valence-corrected chi connectivity index (χ4v) is 2.95. The van der Waals surface area contributed by atoms with Crippen LogP contribution in [-0.2, 0) is 16.9 Å². The highest BCUT2D eigenvalue weighted by Crippen LogP contribution is 2.26. The molecule has 0 amide bonds. The Bertz CT molecular complexity index is 848. The molecule has 0 aliphatic heterocycles. The summed E-state index contributed by atoms with van der Waals surface area (Å²) in [4.78, 5) is 16.1. The SMILES string of the molecule is CCNC(=NCc1cc(C(=O)OC)c(C)o1)NCC(C)(O)c1cc(C)oc1C. The molecule has 0 aromatic carbocycles. The zero-order chi connectivity index (χ0) is 20.9. The number of hydrogen-bond donors (Lipinski definition) is 3. The molecule has 2 heterocycles. The predicted octanol–water partition coefficient (Wildman–Crippen LogP) is 2.55. The third-order valence-electron chi connectivity index (χ3n) is 4.33. The minimum atomic E-state index is -1.13. The summed E-state index contributed by atoms with van der Waals surface area (Å²) in [5, 5.41) is 17.1. The molecule has 3 N–H and O–H groups in total. The molecule has 2 aromatic rings. The van der Waals surface area contributed by atoms with Gasteiger partial charge in [0.2, 0.25) is 0 Å². The van der Waals surface area contributed by atoms with Crippen molar-refractivity contribution < 1.29 is 23.5 Å². The molecule has 0 bridgehead atoms. The normalized spacial score (nSPS) is 13.9. The average molecular weight is 391 g/mol. The van der Waals surface area contributed by atoms with Gasteiger partial charge in [-0.1, -0.05) is 0 Å². The Morgan fingerprint density at radius 2 is 1.93 bits per heavy atom. The predicted molar refractivity (Wildman–Crippen MR) is 105 cm³/mol. The molecular formula is C20H29N3O5. The van der Waals surface area contributed by atoms with Gasteiger partial charge in [-0.15, -0.1) is 0 Å². The molecule has 1 atom stereocenters. The summed E-state index contributed by atoms with van der Waals surface area (Å²) < 4.78 is 15.8. The maximum absolute atomic E-state index is 11.7. The number of aryl methyl sites for hydroxylation is 3. The van der Waals surface area contributed by atoms with E-state index >= 15 is 0 Å². The molecule has 0 spiro atoms. The van der Waals surface area contributed by atoms with Gasteiger partial charge in [0.05, 0.1) is 13.7 Å². The van der Waals surface area contributed by atoms with Gasteiger partial charge in [-0.3, -0.25) is 0 Å². The van der Waals surface area contributed by atoms with Crippen LogP contribution in [0.15, 0.2) is 26.0 Å². The number of hydrogen-bond acceptors (Lipinski definition) is 6. The molecular weight excluding hydrogens is 362 g/mol. The molecule has 1 unspecified atom stereocenters. The fraction of sp³-hybridized carbons (Fsp3) is 0.500. The van der Waals surface area contributed by atoms with Gasteiger partial charge in [0.15, 0.2) is 5.96 Å². The van der Waals surface area contributed by atoms with E-state index in [0.717, 1.165) is 11.3 Å². The molecule has 0 saturated heterocycles. The summed E-state index contributed by atoms with van der Waals surface area (Å²) in [6.45, 7) is 10.2. The lowest BCUT2D eigenvalue weighted by Crippen LogP contribution is -2.44. The zero-order valence-electron chi connectivity index (χ0n) is 17.3. The molecule has 28 heavy (non-hydrogen) atoms. The van der Waals surface area contributed by atoms with Crippen LogP contribution in [0.5, 0.6) is 0 Å². The van der Waals surface area contributed by atoms with Crippen LogP contribution in [0.2, 0.25) is 0 Å². The van der Waals surface area contributed by atoms with E-state index < -0.39 is 11.6 Å². The van der Waals surface area contributed by atoms with Gasteiger partial charge in [-0.2, -0.15) is 0 Å². The number of nitrogens with one attached hydrogen (secondary N) is 2. The highest BCUT2D eigenvalue weighted by Gasteiger charge is 2.28. The Morgan fingerprint density at radius 3 is 2.50 bits per heavy atom. The number of carbonyl (C=O) groups excluding carboxylic acids is 1. The Hall–Kier alpha value is -2.74. The first-order valence-electron chi connectivity index (χ1n) is 9.17. The molecule has 0 saturated carbocycles. The zero-order valence-corrected chi connectivity index (χ0v) is 17.3. The lowest BCUT2D eigenvalue weighted by Gasteiger charge is -2.24. The molecule has 0 aliphatic carbocycles. The number of furan rings is 2. The monoisotopic (exact) mass is 391 g/mol. The van der Waals surface area contributed by atoms with Gasteiger partial charge in [-0.25, -0.2) is 9.79 Å². The molecule has 2 aromatic heterocycles. The molecule has 154 valence electrons. The highest BCUT2D eigenvalue weighted by atomic mass is 16.5. The number of esters is 1. The van der Waals surface area contributed by atoms with Crippen molar-refractivity contribution in [2.45, 2.75) is 46.8 Å². The summed E-state index contributed by atoms with van der Waals surface area (Å²) in [5.74, 6) is 2.56. The van der Waals surface area contributed by atoms with Gasteiger partial charge in [0, 0.05) is 12.1 Å². The van der Waals surface area contributed by atoms with Gasteiger partial charge < -0.3 is 29.3 Å². The standard InChI is InChI=1S/C20H29N3O5/c1-7-21-19(22-10-15-9-16(13(3)28-15)18(24)26-6)23-11-20(5,25)17-8-12(2)27-14(17)4/h8-9,25H,7,10-11H2,1-6H3,(H2,21,22,23). The van der Waals surface area contributed by atoms with Crippen LogP contribution in [0, 0.1) is 20.8 Å². The van der Waals surface area contributed by atoms with Crippen molar-refractivity contribution in [3.05, 3.63) is 46.3 Å². The number of aliphatic imine (C=N–C) groups is 1. The largest absolute Gasteiger partial charge is 0.466 e. The first-order valence-corrected chi connectivity index (χ1v) is 9.17. The Morgan fingerprint density at radius 1 is 1.21 bits per heavy atom. The van der Waals surface area contributed by atoms with Crippen LogP contribution in [-0.4, -0.2) is 37.2 Å². The van der Waals surface area contributed by atoms with E-state index in [-0.39, 0.29) is 13.1 Å². The van der Waals surface area contributed by atoms with Crippen molar-refractivity contribution in [3.63, 3.8) is 0 Å². The van der Waals surface area contributed by atoms with E-state index in [0.29, 0.717) is 35.3 Å². The van der Waals surface area contributed by atoms with E-state index in [2.05, 4.69) is 15.6 Å². The van der Waals surface area contributed by atoms with Crippen LogP contribution in [0.25, 0.3) is 0 Å². The van der Waals surface area contributed by atoms with Gasteiger partial charge >= 0.3 is 5.97 Å². The summed E-state index contributed by atoms with van der Waals surface area (Å²) >= 11 is 0. The Balaban J connectivity index is 2.08. The summed E-state index contributed by atoms with van der Waals surface area (Å²) in [5.41, 5.74) is -0.00528. The number of guanidine groups is 1. The molecule has 8 heteroatoms. The van der Waals surface area contributed by atoms with Crippen molar-refractivity contribution in [2.24, 2.45) is 4.99 Å². The smallest absolute Gasteiger partial charge is 0.341 e. The minimum absolute atomic E-state index is 0.235. The number of rotatable bonds is 7. The highest BCUT2D eigenvalue weighted by molar-refractivity contribution is 5.90. The Labute approximate surface area is 165 Å². The third kappa shape index (κ3) is 5.16. The molecule has 0 fully saturated rings. The second kappa shape index (κ2) is 8.97. The molecule has 8 nitrogen and oxygen atoms in total. The maximum Gasteiger partial charge on any atom is 0.341 e. The summed E-state index contributed by atoms with van der Waals surface area (Å²) in [7, 11) is 1.33. The fourth-order valence-electron chi connectivity index (χ4n) is 2.95. The van der Waals surface area contributed by atoms with Crippen LogP contribution in [0.3, 0.4) is 0 Å². The summed E-state index contributed by atoms with van der Waals surface area (Å²) in [6.07, 6.45) is 0. The number of ether oxygens (including phenoxy) is 1. The van der Waals surface area contributed by atoms with Gasteiger partial charge in [0.25, 0.3) is 0 Å². The lowest BCUT2D eigenvalue weighted by molar-refractivity contribution is 0.0593. The number of nitrogens with zero attached hydrogens (tertiary/aromatic N) is 1. The first-order chi connectivity index (χ1) is 13.2. The van der Waals surface area contributed by atoms with E-state index in [1.807, 2.05) is 26.8 Å². The van der Waals surface area contributed by atoms with Crippen LogP contribution in [0.4, 0.5) is 0 Å². The second-order valence-corrected chi connectivity index (χ2v) is 6.82. The topological polar surface area (TPSA) is 109 Å². The second-order valence-electron chi connectivity index (χ2n) is 6.82. The average Bonchev–Trinajstić information content (AvgIpc) is 3.18. The number of aliphatic hydroxyl groups is 1. The minimum Gasteiger partial charge on any atom is -0.466 e.